The second-order valence-electron chi connectivity index (χ2n) is 6.73. The Balaban J connectivity index is 2.56. The summed E-state index contributed by atoms with van der Waals surface area (Å²) in [5, 5.41) is 0. The van der Waals surface area contributed by atoms with Crippen molar-refractivity contribution in [2.75, 3.05) is 33.4 Å². The van der Waals surface area contributed by atoms with Gasteiger partial charge in [0.2, 0.25) is 0 Å². The minimum absolute atomic E-state index is 0.205. The standard InChI is InChI=1S/C18H38N2O/c1-3-21-16-15-20(2)18(17-19)13-11-9-7-5-4-6-8-10-12-14-18/h3-17,19H2,1-2H3. The molecule has 0 amide bonds. The highest BCUT2D eigenvalue weighted by Crippen LogP contribution is 2.28. The maximum atomic E-state index is 6.24. The Morgan fingerprint density at radius 1 is 0.905 bits per heavy atom. The van der Waals surface area contributed by atoms with Gasteiger partial charge in [0.05, 0.1) is 6.61 Å². The predicted octanol–water partition coefficient (Wildman–Crippen LogP) is 3.96. The highest BCUT2D eigenvalue weighted by molar-refractivity contribution is 4.90. The first-order chi connectivity index (χ1) is 10.2. The molecule has 3 heteroatoms. The first-order valence-corrected chi connectivity index (χ1v) is 9.24. The van der Waals surface area contributed by atoms with Crippen LogP contribution in [0.4, 0.5) is 0 Å². The maximum Gasteiger partial charge on any atom is 0.0593 e. The zero-order chi connectivity index (χ0) is 15.4. The molecule has 1 saturated carbocycles. The Kier molecular flexibility index (Phi) is 10.3. The molecule has 1 rings (SSSR count). The molecule has 0 aromatic rings. The summed E-state index contributed by atoms with van der Waals surface area (Å²) >= 11 is 0. The summed E-state index contributed by atoms with van der Waals surface area (Å²) in [7, 11) is 2.25. The third-order valence-electron chi connectivity index (χ3n) is 5.25. The summed E-state index contributed by atoms with van der Waals surface area (Å²) in [5.41, 5.74) is 6.45. The molecule has 0 atom stereocenters. The van der Waals surface area contributed by atoms with Gasteiger partial charge < -0.3 is 10.5 Å². The van der Waals surface area contributed by atoms with Crippen molar-refractivity contribution in [1.29, 1.82) is 0 Å². The summed E-state index contributed by atoms with van der Waals surface area (Å²) in [4.78, 5) is 2.49. The number of nitrogens with zero attached hydrogens (tertiary/aromatic N) is 1. The van der Waals surface area contributed by atoms with Crippen LogP contribution in [0.15, 0.2) is 0 Å². The number of nitrogens with two attached hydrogens (primary N) is 1. The molecule has 2 N–H and O–H groups in total. The monoisotopic (exact) mass is 298 g/mol. The number of hydrogen-bond acceptors (Lipinski definition) is 3. The van der Waals surface area contributed by atoms with Gasteiger partial charge in [-0.25, -0.2) is 0 Å². The van der Waals surface area contributed by atoms with Gasteiger partial charge in [-0.05, 0) is 26.8 Å². The number of hydrogen-bond donors (Lipinski definition) is 1. The summed E-state index contributed by atoms with van der Waals surface area (Å²) in [5.74, 6) is 0. The second kappa shape index (κ2) is 11.4. The van der Waals surface area contributed by atoms with Gasteiger partial charge in [0.1, 0.15) is 0 Å². The molecule has 1 aliphatic carbocycles. The van der Waals surface area contributed by atoms with E-state index >= 15 is 0 Å². The lowest BCUT2D eigenvalue weighted by Crippen LogP contribution is -2.53. The van der Waals surface area contributed by atoms with Crippen LogP contribution in [0, 0.1) is 0 Å². The van der Waals surface area contributed by atoms with Crippen molar-refractivity contribution in [2.24, 2.45) is 5.73 Å². The van der Waals surface area contributed by atoms with Gasteiger partial charge in [0.15, 0.2) is 0 Å². The minimum Gasteiger partial charge on any atom is -0.380 e. The topological polar surface area (TPSA) is 38.5 Å². The molecule has 21 heavy (non-hydrogen) atoms. The molecule has 1 aliphatic rings. The first kappa shape index (κ1) is 18.9. The Labute approximate surface area is 132 Å². The van der Waals surface area contributed by atoms with Crippen LogP contribution in [0.3, 0.4) is 0 Å². The van der Waals surface area contributed by atoms with Crippen LogP contribution in [-0.2, 0) is 4.74 Å². The van der Waals surface area contributed by atoms with Gasteiger partial charge >= 0.3 is 0 Å². The van der Waals surface area contributed by atoms with Crippen molar-refractivity contribution in [3.8, 4) is 0 Å². The molecule has 0 bridgehead atoms. The molecule has 126 valence electrons. The van der Waals surface area contributed by atoms with E-state index in [0.29, 0.717) is 0 Å². The van der Waals surface area contributed by atoms with E-state index in [0.717, 1.165) is 26.3 Å². The first-order valence-electron chi connectivity index (χ1n) is 9.24. The number of ether oxygens (including phenoxy) is 1. The maximum absolute atomic E-state index is 6.24. The van der Waals surface area contributed by atoms with Gasteiger partial charge in [0.25, 0.3) is 0 Å². The molecule has 0 radical (unpaired) electrons. The van der Waals surface area contributed by atoms with Crippen LogP contribution < -0.4 is 5.73 Å². The quantitative estimate of drug-likeness (QED) is 0.754. The van der Waals surface area contributed by atoms with Crippen molar-refractivity contribution < 1.29 is 4.74 Å². The molecule has 3 nitrogen and oxygen atoms in total. The van der Waals surface area contributed by atoms with E-state index in [1.807, 2.05) is 0 Å². The lowest BCUT2D eigenvalue weighted by Gasteiger charge is -2.42. The summed E-state index contributed by atoms with van der Waals surface area (Å²) in [6.07, 6.45) is 15.0. The Morgan fingerprint density at radius 3 is 1.81 bits per heavy atom. The number of rotatable bonds is 6. The van der Waals surface area contributed by atoms with Gasteiger partial charge in [0, 0.05) is 25.2 Å². The molecule has 0 aliphatic heterocycles. The Hall–Kier alpha value is -0.120. The number of likely N-dealkylation sites (N-methyl/N-ethyl adjacent to an activating group) is 1. The zero-order valence-corrected chi connectivity index (χ0v) is 14.5. The van der Waals surface area contributed by atoms with Crippen LogP contribution in [0.5, 0.6) is 0 Å². The summed E-state index contributed by atoms with van der Waals surface area (Å²) in [6.45, 7) is 5.49. The van der Waals surface area contributed by atoms with E-state index < -0.39 is 0 Å². The minimum atomic E-state index is 0.205. The van der Waals surface area contributed by atoms with E-state index in [4.69, 9.17) is 10.5 Å². The van der Waals surface area contributed by atoms with Gasteiger partial charge in [-0.2, -0.15) is 0 Å². The average Bonchev–Trinajstić information content (AvgIpc) is 2.48. The van der Waals surface area contributed by atoms with Crippen LogP contribution in [-0.4, -0.2) is 43.8 Å². The van der Waals surface area contributed by atoms with E-state index in [1.165, 1.54) is 70.6 Å². The van der Waals surface area contributed by atoms with E-state index in [-0.39, 0.29) is 5.54 Å². The lowest BCUT2D eigenvalue weighted by molar-refractivity contribution is 0.0539. The average molecular weight is 299 g/mol. The smallest absolute Gasteiger partial charge is 0.0593 e. The molecule has 1 fully saturated rings. The normalized spacial score (nSPS) is 21.7. The summed E-state index contributed by atoms with van der Waals surface area (Å²) in [6, 6.07) is 0. The third kappa shape index (κ3) is 7.12. The molecule has 0 aromatic carbocycles. The van der Waals surface area contributed by atoms with Crippen molar-refractivity contribution in [3.63, 3.8) is 0 Å². The van der Waals surface area contributed by atoms with Crippen LogP contribution in [0.2, 0.25) is 0 Å². The fraction of sp³-hybridized carbons (Fsp3) is 1.00. The van der Waals surface area contributed by atoms with Gasteiger partial charge in [-0.1, -0.05) is 57.8 Å². The molecule has 0 heterocycles. The van der Waals surface area contributed by atoms with Gasteiger partial charge in [-0.3, -0.25) is 4.90 Å². The SMILES string of the molecule is CCOCCN(C)C1(CN)CCCCCCCCCCC1. The van der Waals surface area contributed by atoms with Crippen molar-refractivity contribution in [3.05, 3.63) is 0 Å². The van der Waals surface area contributed by atoms with Crippen molar-refractivity contribution in [1.82, 2.24) is 4.90 Å². The third-order valence-corrected chi connectivity index (χ3v) is 5.25. The predicted molar refractivity (Wildman–Crippen MR) is 91.7 cm³/mol. The highest BCUT2D eigenvalue weighted by Gasteiger charge is 2.31. The summed E-state index contributed by atoms with van der Waals surface area (Å²) < 4.78 is 5.54. The van der Waals surface area contributed by atoms with Gasteiger partial charge in [-0.15, -0.1) is 0 Å². The Morgan fingerprint density at radius 2 is 1.38 bits per heavy atom. The fourth-order valence-corrected chi connectivity index (χ4v) is 3.60. The van der Waals surface area contributed by atoms with E-state index in [2.05, 4.69) is 18.9 Å². The highest BCUT2D eigenvalue weighted by atomic mass is 16.5. The molecular weight excluding hydrogens is 260 g/mol. The second-order valence-corrected chi connectivity index (χ2v) is 6.73. The zero-order valence-electron chi connectivity index (χ0n) is 14.5. The fourth-order valence-electron chi connectivity index (χ4n) is 3.60. The van der Waals surface area contributed by atoms with Crippen LogP contribution in [0.1, 0.15) is 77.6 Å². The molecule has 0 unspecified atom stereocenters. The molecule has 0 aromatic heterocycles. The van der Waals surface area contributed by atoms with E-state index in [1.54, 1.807) is 0 Å². The van der Waals surface area contributed by atoms with Crippen molar-refractivity contribution in [2.45, 2.75) is 83.1 Å². The molecule has 0 spiro atoms. The lowest BCUT2D eigenvalue weighted by atomic mass is 9.84. The molecule has 0 saturated heterocycles. The molecular formula is C18H38N2O. The van der Waals surface area contributed by atoms with Crippen molar-refractivity contribution >= 4 is 0 Å². The van der Waals surface area contributed by atoms with Crippen LogP contribution >= 0.6 is 0 Å². The Bertz CT molecular complexity index is 233. The largest absolute Gasteiger partial charge is 0.380 e. The van der Waals surface area contributed by atoms with Crippen LogP contribution in [0.25, 0.3) is 0 Å². The van der Waals surface area contributed by atoms with E-state index in [9.17, 15) is 0 Å².